The Morgan fingerprint density at radius 3 is 3.16 bits per heavy atom. The van der Waals surface area contributed by atoms with Crippen LogP contribution in [0.5, 0.6) is 0 Å². The molecule has 0 unspecified atom stereocenters. The number of hydrogen-bond acceptors (Lipinski definition) is 5. The Morgan fingerprint density at radius 2 is 2.42 bits per heavy atom. The van der Waals surface area contributed by atoms with Crippen molar-refractivity contribution in [3.05, 3.63) is 42.4 Å². The Balaban J connectivity index is 1.95. The van der Waals surface area contributed by atoms with E-state index >= 15 is 0 Å². The minimum Gasteiger partial charge on any atom is -0.462 e. The zero-order chi connectivity index (χ0) is 13.2. The molecule has 1 aliphatic rings. The van der Waals surface area contributed by atoms with Gasteiger partial charge in [-0.1, -0.05) is 23.5 Å². The van der Waals surface area contributed by atoms with Gasteiger partial charge in [0.05, 0.1) is 19.0 Å². The van der Waals surface area contributed by atoms with Crippen molar-refractivity contribution in [3.8, 4) is 0 Å². The van der Waals surface area contributed by atoms with Crippen LogP contribution < -0.4 is 4.90 Å². The van der Waals surface area contributed by atoms with Crippen LogP contribution in [-0.2, 0) is 4.74 Å². The Labute approximate surface area is 114 Å². The number of carbonyl (C=O) groups excluding carboxylic acids is 1. The summed E-state index contributed by atoms with van der Waals surface area (Å²) in [6, 6.07) is 0. The summed E-state index contributed by atoms with van der Waals surface area (Å²) in [4.78, 5) is 14.7. The molecule has 0 atom stereocenters. The summed E-state index contributed by atoms with van der Waals surface area (Å²) >= 11 is 1.53. The molecule has 0 spiro atoms. The summed E-state index contributed by atoms with van der Waals surface area (Å²) < 4.78 is 6.75. The predicted molar refractivity (Wildman–Crippen MR) is 74.7 cm³/mol. The van der Waals surface area contributed by atoms with E-state index in [0.29, 0.717) is 12.2 Å². The standard InChI is InChI=1S/C13H13N3O2S/c1-2-18-13(17)10-8-14-16-9-11(19-12(10)16)15-6-4-3-5-7-15/h3-6,8-9H,2,7H2,1H3. The van der Waals surface area contributed by atoms with Crippen LogP contribution in [0.15, 0.2) is 36.8 Å². The van der Waals surface area contributed by atoms with Gasteiger partial charge in [0.1, 0.15) is 15.4 Å². The first-order valence-corrected chi connectivity index (χ1v) is 6.85. The highest BCUT2D eigenvalue weighted by molar-refractivity contribution is 7.21. The van der Waals surface area contributed by atoms with Gasteiger partial charge in [-0.25, -0.2) is 9.31 Å². The van der Waals surface area contributed by atoms with E-state index < -0.39 is 0 Å². The van der Waals surface area contributed by atoms with Gasteiger partial charge < -0.3 is 9.64 Å². The van der Waals surface area contributed by atoms with E-state index in [-0.39, 0.29) is 5.97 Å². The molecule has 0 aromatic carbocycles. The normalized spacial score (nSPS) is 14.3. The van der Waals surface area contributed by atoms with E-state index in [1.807, 2.05) is 24.5 Å². The van der Waals surface area contributed by atoms with Crippen molar-refractivity contribution in [2.75, 3.05) is 18.1 Å². The van der Waals surface area contributed by atoms with Crippen LogP contribution in [0.2, 0.25) is 0 Å². The van der Waals surface area contributed by atoms with E-state index in [1.165, 1.54) is 11.3 Å². The third kappa shape index (κ3) is 2.15. The van der Waals surface area contributed by atoms with Crippen LogP contribution in [0.1, 0.15) is 17.3 Å². The average Bonchev–Trinajstić information content (AvgIpc) is 2.99. The maximum Gasteiger partial charge on any atom is 0.342 e. The maximum atomic E-state index is 11.8. The number of esters is 1. The number of fused-ring (bicyclic) bond motifs is 1. The second kappa shape index (κ2) is 4.89. The molecule has 0 N–H and O–H groups in total. The van der Waals surface area contributed by atoms with Gasteiger partial charge in [0.15, 0.2) is 0 Å². The number of hydrogen-bond donors (Lipinski definition) is 0. The molecular formula is C13H13N3O2S. The predicted octanol–water partition coefficient (Wildman–Crippen LogP) is 2.46. The number of anilines is 1. The smallest absolute Gasteiger partial charge is 0.342 e. The zero-order valence-corrected chi connectivity index (χ0v) is 11.3. The third-order valence-electron chi connectivity index (χ3n) is 2.78. The molecule has 5 nitrogen and oxygen atoms in total. The average molecular weight is 275 g/mol. The Hall–Kier alpha value is -2.08. The summed E-state index contributed by atoms with van der Waals surface area (Å²) in [6.07, 6.45) is 11.6. The van der Waals surface area contributed by atoms with Crippen molar-refractivity contribution in [3.63, 3.8) is 0 Å². The van der Waals surface area contributed by atoms with Gasteiger partial charge in [0.2, 0.25) is 0 Å². The second-order valence-corrected chi connectivity index (χ2v) is 5.03. The van der Waals surface area contributed by atoms with Gasteiger partial charge in [0, 0.05) is 12.7 Å². The van der Waals surface area contributed by atoms with Crippen LogP contribution in [0.4, 0.5) is 5.00 Å². The molecule has 3 rings (SSSR count). The molecule has 0 saturated heterocycles. The molecule has 3 heterocycles. The summed E-state index contributed by atoms with van der Waals surface area (Å²) in [5, 5.41) is 5.25. The number of ether oxygens (including phenoxy) is 1. The number of thiazole rings is 1. The Bertz CT molecular complexity index is 669. The van der Waals surface area contributed by atoms with Crippen LogP contribution in [0, 0.1) is 0 Å². The van der Waals surface area contributed by atoms with Gasteiger partial charge in [-0.3, -0.25) is 0 Å². The lowest BCUT2D eigenvalue weighted by Gasteiger charge is -2.17. The highest BCUT2D eigenvalue weighted by Gasteiger charge is 2.18. The number of rotatable bonds is 3. The van der Waals surface area contributed by atoms with Crippen molar-refractivity contribution in [1.82, 2.24) is 9.61 Å². The molecule has 2 aromatic rings. The molecule has 0 bridgehead atoms. The summed E-state index contributed by atoms with van der Waals surface area (Å²) in [5.41, 5.74) is 0.523. The highest BCUT2D eigenvalue weighted by Crippen LogP contribution is 2.30. The van der Waals surface area contributed by atoms with Gasteiger partial charge in [-0.05, 0) is 13.0 Å². The molecule has 98 valence electrons. The lowest BCUT2D eigenvalue weighted by atomic mass is 10.3. The minimum absolute atomic E-state index is 0.319. The molecule has 19 heavy (non-hydrogen) atoms. The summed E-state index contributed by atoms with van der Waals surface area (Å²) in [6.45, 7) is 2.99. The van der Waals surface area contributed by atoms with Crippen LogP contribution >= 0.6 is 11.3 Å². The van der Waals surface area contributed by atoms with Crippen molar-refractivity contribution in [1.29, 1.82) is 0 Å². The molecule has 1 aliphatic heterocycles. The topological polar surface area (TPSA) is 46.8 Å². The van der Waals surface area contributed by atoms with Crippen molar-refractivity contribution < 1.29 is 9.53 Å². The van der Waals surface area contributed by atoms with Gasteiger partial charge >= 0.3 is 5.97 Å². The molecule has 0 fully saturated rings. The van der Waals surface area contributed by atoms with Crippen LogP contribution in [0.25, 0.3) is 4.83 Å². The van der Waals surface area contributed by atoms with E-state index in [9.17, 15) is 4.79 Å². The first-order valence-electron chi connectivity index (χ1n) is 6.04. The molecule has 0 aliphatic carbocycles. The van der Waals surface area contributed by atoms with Gasteiger partial charge in [-0.2, -0.15) is 5.10 Å². The lowest BCUT2D eigenvalue weighted by Crippen LogP contribution is -2.15. The van der Waals surface area contributed by atoms with E-state index in [2.05, 4.69) is 16.1 Å². The number of aromatic nitrogens is 2. The van der Waals surface area contributed by atoms with Crippen molar-refractivity contribution in [2.24, 2.45) is 0 Å². The Kier molecular flexibility index (Phi) is 3.08. The largest absolute Gasteiger partial charge is 0.462 e. The fourth-order valence-electron chi connectivity index (χ4n) is 1.89. The Morgan fingerprint density at radius 1 is 1.53 bits per heavy atom. The number of allylic oxidation sites excluding steroid dienone is 2. The lowest BCUT2D eigenvalue weighted by molar-refractivity contribution is 0.0529. The van der Waals surface area contributed by atoms with Crippen molar-refractivity contribution in [2.45, 2.75) is 6.92 Å². The first kappa shape index (κ1) is 12.0. The van der Waals surface area contributed by atoms with Crippen LogP contribution in [0.3, 0.4) is 0 Å². The fraction of sp³-hybridized carbons (Fsp3) is 0.231. The first-order chi connectivity index (χ1) is 9.29. The minimum atomic E-state index is -0.319. The molecule has 0 saturated carbocycles. The summed E-state index contributed by atoms with van der Waals surface area (Å²) in [7, 11) is 0. The fourth-order valence-corrected chi connectivity index (χ4v) is 2.93. The van der Waals surface area contributed by atoms with Crippen molar-refractivity contribution >= 4 is 27.1 Å². The molecule has 6 heteroatoms. The highest BCUT2D eigenvalue weighted by atomic mass is 32.1. The number of carbonyl (C=O) groups is 1. The maximum absolute atomic E-state index is 11.8. The molecule has 2 aromatic heterocycles. The second-order valence-electron chi connectivity index (χ2n) is 4.02. The number of nitrogens with zero attached hydrogens (tertiary/aromatic N) is 3. The molecule has 0 amide bonds. The quantitative estimate of drug-likeness (QED) is 0.807. The van der Waals surface area contributed by atoms with Gasteiger partial charge in [-0.15, -0.1) is 0 Å². The molecule has 0 radical (unpaired) electrons. The zero-order valence-electron chi connectivity index (χ0n) is 10.4. The van der Waals surface area contributed by atoms with E-state index in [1.54, 1.807) is 17.6 Å². The molecular weight excluding hydrogens is 262 g/mol. The van der Waals surface area contributed by atoms with E-state index in [0.717, 1.165) is 16.4 Å². The van der Waals surface area contributed by atoms with Crippen LogP contribution in [-0.4, -0.2) is 28.7 Å². The SMILES string of the molecule is CCOC(=O)c1cnn2cc(N3C=CC=CC3)sc12. The summed E-state index contributed by atoms with van der Waals surface area (Å²) in [5.74, 6) is -0.319. The monoisotopic (exact) mass is 275 g/mol. The van der Waals surface area contributed by atoms with E-state index in [4.69, 9.17) is 4.74 Å². The van der Waals surface area contributed by atoms with Gasteiger partial charge in [0.25, 0.3) is 0 Å². The third-order valence-corrected chi connectivity index (χ3v) is 3.93.